The zero-order valence-corrected chi connectivity index (χ0v) is 24.0. The van der Waals surface area contributed by atoms with Crippen molar-refractivity contribution in [2.45, 2.75) is 13.8 Å². The Morgan fingerprint density at radius 2 is 1.84 bits per heavy atom. The number of carbonyl (C=O) groups is 4. The van der Waals surface area contributed by atoms with Crippen LogP contribution in [-0.2, 0) is 14.4 Å². The highest BCUT2D eigenvalue weighted by molar-refractivity contribution is 9.11. The zero-order valence-electron chi connectivity index (χ0n) is 20.1. The molecule has 4 rings (SSSR count). The number of nitrogens with zero attached hydrogens (tertiary/aromatic N) is 1. The summed E-state index contributed by atoms with van der Waals surface area (Å²) in [6.07, 6.45) is 1.30. The number of hydrogen-bond acceptors (Lipinski definition) is 5. The number of barbiturate groups is 1. The molecule has 0 radical (unpaired) electrons. The Bertz CT molecular complexity index is 1520. The zero-order chi connectivity index (χ0) is 27.6. The first kappa shape index (κ1) is 27.6. The quantitative estimate of drug-likeness (QED) is 0.243. The molecule has 5 amide bonds. The fourth-order valence-electron chi connectivity index (χ4n) is 3.78. The molecule has 11 heteroatoms. The normalized spacial score (nSPS) is 14.5. The average molecular weight is 662 g/mol. The molecular formula is C27H20Br2ClN3O5. The van der Waals surface area contributed by atoms with Crippen LogP contribution in [0.5, 0.6) is 5.75 Å². The number of benzene rings is 3. The third kappa shape index (κ3) is 6.15. The molecule has 2 N–H and O–H groups in total. The lowest BCUT2D eigenvalue weighted by Crippen LogP contribution is -2.54. The van der Waals surface area contributed by atoms with Gasteiger partial charge in [-0.1, -0.05) is 51.3 Å². The molecule has 38 heavy (non-hydrogen) atoms. The van der Waals surface area contributed by atoms with Crippen molar-refractivity contribution in [1.29, 1.82) is 0 Å². The lowest BCUT2D eigenvalue weighted by atomic mass is 10.1. The van der Waals surface area contributed by atoms with E-state index in [9.17, 15) is 19.2 Å². The van der Waals surface area contributed by atoms with Gasteiger partial charge in [0.05, 0.1) is 10.2 Å². The summed E-state index contributed by atoms with van der Waals surface area (Å²) in [7, 11) is 0. The molecule has 0 spiro atoms. The summed E-state index contributed by atoms with van der Waals surface area (Å²) in [6, 6.07) is 14.2. The maximum absolute atomic E-state index is 13.3. The summed E-state index contributed by atoms with van der Waals surface area (Å²) in [5.41, 5.74) is 2.87. The monoisotopic (exact) mass is 659 g/mol. The Balaban J connectivity index is 1.62. The molecule has 0 saturated carbocycles. The number of ether oxygens (including phenoxy) is 1. The first-order valence-corrected chi connectivity index (χ1v) is 13.2. The van der Waals surface area contributed by atoms with Crippen molar-refractivity contribution < 1.29 is 23.9 Å². The third-order valence-electron chi connectivity index (χ3n) is 5.51. The fraction of sp³-hybridized carbons (Fsp3) is 0.111. The van der Waals surface area contributed by atoms with E-state index in [-0.39, 0.29) is 23.6 Å². The van der Waals surface area contributed by atoms with Crippen molar-refractivity contribution in [2.24, 2.45) is 0 Å². The van der Waals surface area contributed by atoms with E-state index in [2.05, 4.69) is 42.5 Å². The van der Waals surface area contributed by atoms with Gasteiger partial charge < -0.3 is 10.1 Å². The van der Waals surface area contributed by atoms with Gasteiger partial charge in [-0.05, 0) is 77.8 Å². The summed E-state index contributed by atoms with van der Waals surface area (Å²) in [4.78, 5) is 51.9. The van der Waals surface area contributed by atoms with E-state index in [0.29, 0.717) is 25.2 Å². The van der Waals surface area contributed by atoms with Gasteiger partial charge in [0.2, 0.25) is 0 Å². The summed E-state index contributed by atoms with van der Waals surface area (Å²) in [5, 5.41) is 5.30. The van der Waals surface area contributed by atoms with Crippen LogP contribution in [0.4, 0.5) is 16.2 Å². The van der Waals surface area contributed by atoms with Crippen molar-refractivity contribution in [2.75, 3.05) is 16.8 Å². The number of halogens is 3. The van der Waals surface area contributed by atoms with Gasteiger partial charge in [0.25, 0.3) is 17.7 Å². The number of imide groups is 2. The maximum atomic E-state index is 13.3. The van der Waals surface area contributed by atoms with Crippen LogP contribution in [0.1, 0.15) is 16.7 Å². The summed E-state index contributed by atoms with van der Waals surface area (Å²) >= 11 is 12.8. The molecule has 0 bridgehead atoms. The van der Waals surface area contributed by atoms with E-state index in [1.165, 1.54) is 18.2 Å². The molecule has 0 aliphatic carbocycles. The van der Waals surface area contributed by atoms with E-state index >= 15 is 0 Å². The molecule has 0 atom stereocenters. The molecule has 3 aromatic rings. The summed E-state index contributed by atoms with van der Waals surface area (Å²) in [6.45, 7) is 3.52. The number of carbonyl (C=O) groups excluding carboxylic acids is 4. The Labute approximate surface area is 240 Å². The number of nitrogens with one attached hydrogen (secondary N) is 2. The van der Waals surface area contributed by atoms with Crippen LogP contribution in [0.15, 0.2) is 69.1 Å². The number of rotatable bonds is 6. The highest BCUT2D eigenvalue weighted by atomic mass is 79.9. The Kier molecular flexibility index (Phi) is 8.35. The standard InChI is InChI=1S/C27H20Br2ClN3O5/c1-14-6-7-22(15(2)8-14)31-23(34)13-38-24-16(9-17(28)11-21(24)29)10-20-25(35)32-27(37)33(26(20)36)19-5-3-4-18(30)12-19/h3-12H,13H2,1-2H3,(H,31,34)(H,32,35,37)/b20-10+. The topological polar surface area (TPSA) is 105 Å². The molecule has 0 aromatic heterocycles. The predicted molar refractivity (Wildman–Crippen MR) is 152 cm³/mol. The number of hydrogen-bond donors (Lipinski definition) is 2. The first-order valence-electron chi connectivity index (χ1n) is 11.2. The summed E-state index contributed by atoms with van der Waals surface area (Å²) in [5.74, 6) is -1.87. The van der Waals surface area contributed by atoms with E-state index in [4.69, 9.17) is 16.3 Å². The molecular weight excluding hydrogens is 642 g/mol. The molecule has 1 heterocycles. The van der Waals surface area contributed by atoms with Gasteiger partial charge in [-0.2, -0.15) is 0 Å². The van der Waals surface area contributed by atoms with Crippen molar-refractivity contribution in [3.8, 4) is 5.75 Å². The first-order chi connectivity index (χ1) is 18.0. The molecule has 1 saturated heterocycles. The molecule has 3 aromatic carbocycles. The van der Waals surface area contributed by atoms with Gasteiger partial charge in [-0.3, -0.25) is 19.7 Å². The van der Waals surface area contributed by atoms with Crippen LogP contribution in [0.25, 0.3) is 6.08 Å². The van der Waals surface area contributed by atoms with Crippen LogP contribution in [0, 0.1) is 13.8 Å². The van der Waals surface area contributed by atoms with Gasteiger partial charge >= 0.3 is 6.03 Å². The van der Waals surface area contributed by atoms with Crippen molar-refractivity contribution in [1.82, 2.24) is 5.32 Å². The summed E-state index contributed by atoms with van der Waals surface area (Å²) < 4.78 is 6.91. The second-order valence-corrected chi connectivity index (χ2v) is 10.6. The molecule has 1 aliphatic heterocycles. The lowest BCUT2D eigenvalue weighted by Gasteiger charge is -2.26. The minimum absolute atomic E-state index is 0.202. The molecule has 8 nitrogen and oxygen atoms in total. The van der Waals surface area contributed by atoms with E-state index in [0.717, 1.165) is 16.0 Å². The third-order valence-corrected chi connectivity index (χ3v) is 6.79. The van der Waals surface area contributed by atoms with E-state index in [1.807, 2.05) is 32.0 Å². The Morgan fingerprint density at radius 1 is 1.08 bits per heavy atom. The highest BCUT2D eigenvalue weighted by Gasteiger charge is 2.37. The van der Waals surface area contributed by atoms with Crippen molar-refractivity contribution >= 4 is 84.7 Å². The number of amides is 5. The predicted octanol–water partition coefficient (Wildman–Crippen LogP) is 6.17. The largest absolute Gasteiger partial charge is 0.482 e. The van der Waals surface area contributed by atoms with Gasteiger partial charge in [0.15, 0.2) is 6.61 Å². The van der Waals surface area contributed by atoms with E-state index in [1.54, 1.807) is 24.3 Å². The highest BCUT2D eigenvalue weighted by Crippen LogP contribution is 2.35. The number of urea groups is 1. The van der Waals surface area contributed by atoms with Crippen LogP contribution in [0.3, 0.4) is 0 Å². The fourth-order valence-corrected chi connectivity index (χ4v) is 5.34. The van der Waals surface area contributed by atoms with Gasteiger partial charge in [-0.15, -0.1) is 0 Å². The number of aryl methyl sites for hydroxylation is 2. The van der Waals surface area contributed by atoms with Crippen molar-refractivity contribution in [3.63, 3.8) is 0 Å². The van der Waals surface area contributed by atoms with E-state index < -0.39 is 23.8 Å². The van der Waals surface area contributed by atoms with Crippen LogP contribution in [-0.4, -0.2) is 30.4 Å². The molecule has 0 unspecified atom stereocenters. The number of anilines is 2. The minimum atomic E-state index is -0.894. The molecule has 194 valence electrons. The maximum Gasteiger partial charge on any atom is 0.335 e. The smallest absolute Gasteiger partial charge is 0.335 e. The Hall–Kier alpha value is -3.47. The molecule has 1 aliphatic rings. The van der Waals surface area contributed by atoms with Gasteiger partial charge in [0.1, 0.15) is 11.3 Å². The van der Waals surface area contributed by atoms with Crippen LogP contribution >= 0.6 is 43.5 Å². The van der Waals surface area contributed by atoms with Gasteiger partial charge in [0, 0.05) is 20.7 Å². The minimum Gasteiger partial charge on any atom is -0.482 e. The van der Waals surface area contributed by atoms with Gasteiger partial charge in [-0.25, -0.2) is 9.69 Å². The second-order valence-electron chi connectivity index (χ2n) is 8.40. The van der Waals surface area contributed by atoms with Crippen molar-refractivity contribution in [3.05, 3.63) is 90.8 Å². The van der Waals surface area contributed by atoms with Crippen LogP contribution < -0.4 is 20.3 Å². The molecule has 1 fully saturated rings. The average Bonchev–Trinajstić information content (AvgIpc) is 2.83. The SMILES string of the molecule is Cc1ccc(NC(=O)COc2c(Br)cc(Br)cc2/C=C2\C(=O)NC(=O)N(c3cccc(Cl)c3)C2=O)c(C)c1. The second kappa shape index (κ2) is 11.5. The Morgan fingerprint density at radius 3 is 2.55 bits per heavy atom. The lowest BCUT2D eigenvalue weighted by molar-refractivity contribution is -0.122. The van der Waals surface area contributed by atoms with Crippen LogP contribution in [0.2, 0.25) is 5.02 Å².